The molecule has 3 heterocycles. The van der Waals surface area contributed by atoms with E-state index in [1.54, 1.807) is 32.9 Å². The number of hydrogen-bond donors (Lipinski definition) is 1. The Morgan fingerprint density at radius 2 is 2.08 bits per heavy atom. The predicted octanol–water partition coefficient (Wildman–Crippen LogP) is 4.54. The molecule has 1 aliphatic rings. The first-order chi connectivity index (χ1) is 18.6. The van der Waals surface area contributed by atoms with Crippen LogP contribution in [0, 0.1) is 11.3 Å². The van der Waals surface area contributed by atoms with Crippen LogP contribution in [0.1, 0.15) is 31.9 Å². The number of alkyl halides is 2. The summed E-state index contributed by atoms with van der Waals surface area (Å²) in [5, 5.41) is 16.9. The number of carbonyl (C=O) groups excluding carboxylic acids is 1. The smallest absolute Gasteiger partial charge is 0.414 e. The third-order valence-corrected chi connectivity index (χ3v) is 5.57. The zero-order valence-corrected chi connectivity index (χ0v) is 22.1. The Kier molecular flexibility index (Phi) is 8.25. The molecule has 3 aromatic rings. The Labute approximate surface area is 224 Å². The standard InChI is InChI=1S/C26H29F2N7O4/c1-26(2,3)39-25(36)35-8-6-16-11-17(12-18(13-29)22(16)35)19-5-7-30-24(31-19)32-20-14-34(15-21(27)28)33-23(20)38-10-9-37-4/h5,7,11-12,14,21H,6,8-10,15H2,1-4H3,(H,30,31,32). The molecule has 0 spiro atoms. The van der Waals surface area contributed by atoms with E-state index in [9.17, 15) is 18.8 Å². The summed E-state index contributed by atoms with van der Waals surface area (Å²) < 4.78 is 43.0. The molecule has 1 amide bonds. The molecule has 0 radical (unpaired) electrons. The van der Waals surface area contributed by atoms with Gasteiger partial charge in [-0.05, 0) is 51.0 Å². The van der Waals surface area contributed by atoms with Gasteiger partial charge in [0.05, 0.1) is 29.7 Å². The number of nitriles is 1. The van der Waals surface area contributed by atoms with E-state index in [2.05, 4.69) is 26.5 Å². The number of nitrogens with zero attached hydrogens (tertiary/aromatic N) is 6. The first-order valence-corrected chi connectivity index (χ1v) is 12.2. The molecule has 206 valence electrons. The van der Waals surface area contributed by atoms with Crippen LogP contribution in [0.25, 0.3) is 11.3 Å². The number of carbonyl (C=O) groups is 1. The van der Waals surface area contributed by atoms with Gasteiger partial charge in [0.1, 0.15) is 30.5 Å². The van der Waals surface area contributed by atoms with E-state index >= 15 is 0 Å². The average Bonchev–Trinajstić information content (AvgIpc) is 3.46. The normalized spacial score (nSPS) is 12.8. The highest BCUT2D eigenvalue weighted by Gasteiger charge is 2.32. The first kappa shape index (κ1) is 27.7. The maximum absolute atomic E-state index is 12.9. The summed E-state index contributed by atoms with van der Waals surface area (Å²) in [6, 6.07) is 7.41. The number of rotatable bonds is 9. The van der Waals surface area contributed by atoms with Gasteiger partial charge in [-0.3, -0.25) is 9.58 Å². The highest BCUT2D eigenvalue weighted by atomic mass is 19.3. The van der Waals surface area contributed by atoms with Crippen molar-refractivity contribution in [3.63, 3.8) is 0 Å². The summed E-state index contributed by atoms with van der Waals surface area (Å²) >= 11 is 0. The average molecular weight is 542 g/mol. The molecular formula is C26H29F2N7O4. The van der Waals surface area contributed by atoms with Gasteiger partial charge in [-0.25, -0.2) is 23.5 Å². The van der Waals surface area contributed by atoms with Crippen molar-refractivity contribution in [2.75, 3.05) is 37.1 Å². The highest BCUT2D eigenvalue weighted by Crippen LogP contribution is 2.36. The molecule has 1 aromatic carbocycles. The molecule has 1 aliphatic heterocycles. The molecule has 0 aliphatic carbocycles. The van der Waals surface area contributed by atoms with E-state index in [1.807, 2.05) is 6.07 Å². The molecule has 39 heavy (non-hydrogen) atoms. The van der Waals surface area contributed by atoms with Gasteiger partial charge in [0, 0.05) is 25.4 Å². The second kappa shape index (κ2) is 11.6. The largest absolute Gasteiger partial charge is 0.473 e. The maximum atomic E-state index is 12.9. The second-order valence-corrected chi connectivity index (χ2v) is 9.72. The number of anilines is 3. The minimum Gasteiger partial charge on any atom is -0.473 e. The van der Waals surface area contributed by atoms with Crippen molar-refractivity contribution < 1.29 is 27.8 Å². The van der Waals surface area contributed by atoms with Crippen molar-refractivity contribution in [2.24, 2.45) is 0 Å². The summed E-state index contributed by atoms with van der Waals surface area (Å²) in [7, 11) is 1.52. The summed E-state index contributed by atoms with van der Waals surface area (Å²) in [5.41, 5.74) is 2.50. The van der Waals surface area contributed by atoms with Gasteiger partial charge in [0.2, 0.25) is 5.95 Å². The molecule has 0 fully saturated rings. The molecule has 2 aromatic heterocycles. The molecule has 0 saturated heterocycles. The summed E-state index contributed by atoms with van der Waals surface area (Å²) in [4.78, 5) is 23.0. The Hall–Kier alpha value is -4.31. The number of hydrogen-bond acceptors (Lipinski definition) is 9. The van der Waals surface area contributed by atoms with Crippen LogP contribution in [0.5, 0.6) is 5.88 Å². The van der Waals surface area contributed by atoms with Crippen molar-refractivity contribution in [1.29, 1.82) is 5.26 Å². The summed E-state index contributed by atoms with van der Waals surface area (Å²) in [6.07, 6.45) is 0.378. The zero-order chi connectivity index (χ0) is 28.2. The van der Waals surface area contributed by atoms with Crippen LogP contribution in [0.15, 0.2) is 30.6 Å². The van der Waals surface area contributed by atoms with Gasteiger partial charge >= 0.3 is 6.09 Å². The minimum atomic E-state index is -2.59. The SMILES string of the molecule is COCCOc1nn(CC(F)F)cc1Nc1nccc(-c2cc(C#N)c3c(c2)CCN3C(=O)OC(C)(C)C)n1. The summed E-state index contributed by atoms with van der Waals surface area (Å²) in [5.74, 6) is 0.281. The molecule has 0 saturated carbocycles. The van der Waals surface area contributed by atoms with Crippen LogP contribution in [0.3, 0.4) is 0 Å². The quantitative estimate of drug-likeness (QED) is 0.388. The molecule has 11 nitrogen and oxygen atoms in total. The van der Waals surface area contributed by atoms with Gasteiger partial charge in [-0.1, -0.05) is 0 Å². The monoisotopic (exact) mass is 541 g/mol. The van der Waals surface area contributed by atoms with Crippen molar-refractivity contribution in [3.8, 4) is 23.2 Å². The van der Waals surface area contributed by atoms with Crippen LogP contribution in [0.2, 0.25) is 0 Å². The molecule has 1 N–H and O–H groups in total. The lowest BCUT2D eigenvalue weighted by atomic mass is 10.0. The predicted molar refractivity (Wildman–Crippen MR) is 138 cm³/mol. The van der Waals surface area contributed by atoms with Gasteiger partial charge in [0.25, 0.3) is 12.3 Å². The van der Waals surface area contributed by atoms with E-state index in [1.165, 1.54) is 24.4 Å². The Morgan fingerprint density at radius 1 is 1.28 bits per heavy atom. The van der Waals surface area contributed by atoms with Crippen LogP contribution >= 0.6 is 0 Å². The molecular weight excluding hydrogens is 512 g/mol. The fourth-order valence-electron chi connectivity index (χ4n) is 4.03. The van der Waals surface area contributed by atoms with Crippen LogP contribution in [0.4, 0.5) is 30.9 Å². The fraction of sp³-hybridized carbons (Fsp3) is 0.423. The summed E-state index contributed by atoms with van der Waals surface area (Å²) in [6.45, 7) is 5.62. The number of amides is 1. The zero-order valence-electron chi connectivity index (χ0n) is 22.1. The first-order valence-electron chi connectivity index (χ1n) is 12.2. The number of methoxy groups -OCH3 is 1. The molecule has 4 rings (SSSR count). The molecule has 0 bridgehead atoms. The van der Waals surface area contributed by atoms with Crippen LogP contribution < -0.4 is 15.0 Å². The van der Waals surface area contributed by atoms with E-state index in [0.29, 0.717) is 41.2 Å². The molecule has 0 atom stereocenters. The van der Waals surface area contributed by atoms with Crippen LogP contribution in [-0.4, -0.2) is 64.7 Å². The second-order valence-electron chi connectivity index (χ2n) is 9.72. The lowest BCUT2D eigenvalue weighted by Gasteiger charge is -2.25. The number of aromatic nitrogens is 4. The number of ether oxygens (including phenoxy) is 3. The van der Waals surface area contributed by atoms with E-state index < -0.39 is 24.7 Å². The lowest BCUT2D eigenvalue weighted by molar-refractivity contribution is 0.0583. The van der Waals surface area contributed by atoms with Crippen molar-refractivity contribution >= 4 is 23.4 Å². The number of halogens is 2. The Morgan fingerprint density at radius 3 is 2.77 bits per heavy atom. The number of fused-ring (bicyclic) bond motifs is 1. The van der Waals surface area contributed by atoms with E-state index in [4.69, 9.17) is 14.2 Å². The van der Waals surface area contributed by atoms with Gasteiger partial charge in [-0.2, -0.15) is 5.26 Å². The van der Waals surface area contributed by atoms with E-state index in [-0.39, 0.29) is 25.0 Å². The number of nitrogens with one attached hydrogen (secondary N) is 1. The lowest BCUT2D eigenvalue weighted by Crippen LogP contribution is -2.36. The van der Waals surface area contributed by atoms with Gasteiger partial charge < -0.3 is 19.5 Å². The third-order valence-electron chi connectivity index (χ3n) is 5.57. The Balaban J connectivity index is 1.61. The highest BCUT2D eigenvalue weighted by molar-refractivity contribution is 5.93. The van der Waals surface area contributed by atoms with E-state index in [0.717, 1.165) is 10.2 Å². The van der Waals surface area contributed by atoms with Crippen molar-refractivity contribution in [1.82, 2.24) is 19.7 Å². The Bertz CT molecular complexity index is 1380. The number of benzene rings is 1. The molecule has 0 unspecified atom stereocenters. The van der Waals surface area contributed by atoms with Gasteiger partial charge in [0.15, 0.2) is 0 Å². The van der Waals surface area contributed by atoms with Gasteiger partial charge in [-0.15, -0.1) is 5.10 Å². The van der Waals surface area contributed by atoms with Crippen molar-refractivity contribution in [3.05, 3.63) is 41.7 Å². The van der Waals surface area contributed by atoms with Crippen molar-refractivity contribution in [2.45, 2.75) is 45.8 Å². The topological polar surface area (TPSA) is 127 Å². The minimum absolute atomic E-state index is 0.105. The van der Waals surface area contributed by atoms with Crippen LogP contribution in [-0.2, 0) is 22.4 Å². The molecule has 13 heteroatoms. The fourth-order valence-corrected chi connectivity index (χ4v) is 4.03. The third kappa shape index (κ3) is 6.77. The maximum Gasteiger partial charge on any atom is 0.414 e.